The Balaban J connectivity index is 1.19. The molecule has 8 unspecified atom stereocenters. The average molecular weight is 557 g/mol. The quantitative estimate of drug-likeness (QED) is 0.242. The maximum Gasteiger partial charge on any atom is 0.338 e. The molecule has 216 valence electrons. The first-order chi connectivity index (χ1) is 19.3. The van der Waals surface area contributed by atoms with Crippen molar-refractivity contribution in [3.63, 3.8) is 0 Å². The largest absolute Gasteiger partial charge is 0.456 e. The molecule has 5 rings (SSSR count). The molecule has 11 nitrogen and oxygen atoms in total. The number of ether oxygens (including phenoxy) is 4. The van der Waals surface area contributed by atoms with Crippen molar-refractivity contribution in [1.29, 1.82) is 0 Å². The Bertz CT molecular complexity index is 1150. The van der Waals surface area contributed by atoms with E-state index < -0.39 is 48.2 Å². The molecule has 40 heavy (non-hydrogen) atoms. The van der Waals surface area contributed by atoms with E-state index in [4.69, 9.17) is 24.1 Å². The summed E-state index contributed by atoms with van der Waals surface area (Å²) in [5.74, 6) is -1.27. The molecule has 1 saturated carbocycles. The van der Waals surface area contributed by atoms with Gasteiger partial charge in [0.2, 0.25) is 11.8 Å². The van der Waals surface area contributed by atoms with Crippen LogP contribution in [-0.2, 0) is 28.5 Å². The van der Waals surface area contributed by atoms with Gasteiger partial charge in [0, 0.05) is 18.5 Å². The van der Waals surface area contributed by atoms with Crippen molar-refractivity contribution in [2.75, 3.05) is 19.9 Å². The van der Waals surface area contributed by atoms with Crippen molar-refractivity contribution in [3.8, 4) is 0 Å². The van der Waals surface area contributed by atoms with Crippen LogP contribution < -0.4 is 10.6 Å². The van der Waals surface area contributed by atoms with Gasteiger partial charge >= 0.3 is 5.97 Å². The number of amides is 2. The maximum absolute atomic E-state index is 13.0. The number of epoxide rings is 1. The fourth-order valence-corrected chi connectivity index (χ4v) is 5.45. The molecule has 1 aromatic carbocycles. The van der Waals surface area contributed by atoms with E-state index >= 15 is 0 Å². The van der Waals surface area contributed by atoms with E-state index in [1.807, 2.05) is 12.1 Å². The highest BCUT2D eigenvalue weighted by Crippen LogP contribution is 2.40. The number of hydrogen-bond donors (Lipinski definition) is 4. The summed E-state index contributed by atoms with van der Waals surface area (Å²) in [5, 5.41) is 23.9. The van der Waals surface area contributed by atoms with Crippen molar-refractivity contribution in [1.82, 2.24) is 10.6 Å². The number of esters is 1. The molecule has 0 aromatic heterocycles. The lowest BCUT2D eigenvalue weighted by Crippen LogP contribution is -2.54. The molecular formula is C29H36N2O9. The summed E-state index contributed by atoms with van der Waals surface area (Å²) < 4.78 is 22.6. The number of aliphatic hydroxyl groups is 2. The predicted molar refractivity (Wildman–Crippen MR) is 142 cm³/mol. The molecule has 2 aliphatic carbocycles. The summed E-state index contributed by atoms with van der Waals surface area (Å²) in [6.45, 7) is 1.08. The summed E-state index contributed by atoms with van der Waals surface area (Å²) in [7, 11) is 0. The molecule has 2 saturated heterocycles. The molecule has 2 aliphatic heterocycles. The van der Waals surface area contributed by atoms with Crippen molar-refractivity contribution in [3.05, 3.63) is 53.1 Å². The summed E-state index contributed by atoms with van der Waals surface area (Å²) in [6, 6.07) is 5.90. The molecular weight excluding hydrogens is 520 g/mol. The number of fused-ring (bicyclic) bond motifs is 2. The zero-order valence-corrected chi connectivity index (χ0v) is 22.4. The minimum absolute atomic E-state index is 0.00972. The van der Waals surface area contributed by atoms with Crippen LogP contribution in [0.25, 0.3) is 6.08 Å². The minimum Gasteiger partial charge on any atom is -0.456 e. The van der Waals surface area contributed by atoms with Crippen LogP contribution in [-0.4, -0.2) is 90.6 Å². The van der Waals surface area contributed by atoms with Crippen LogP contribution >= 0.6 is 0 Å². The summed E-state index contributed by atoms with van der Waals surface area (Å²) in [4.78, 5) is 38.4. The predicted octanol–water partition coefficient (Wildman–Crippen LogP) is 0.838. The third kappa shape index (κ3) is 6.79. The Hall–Kier alpha value is -3.09. The molecule has 0 bridgehead atoms. The Morgan fingerprint density at radius 1 is 1.15 bits per heavy atom. The third-order valence-electron chi connectivity index (χ3n) is 7.76. The topological polar surface area (TPSA) is 156 Å². The average Bonchev–Trinajstić information content (AvgIpc) is 3.57. The van der Waals surface area contributed by atoms with Crippen LogP contribution in [0.3, 0.4) is 0 Å². The molecule has 3 fully saturated rings. The van der Waals surface area contributed by atoms with Gasteiger partial charge in [-0.2, -0.15) is 0 Å². The van der Waals surface area contributed by atoms with E-state index in [2.05, 4.69) is 22.8 Å². The number of benzene rings is 1. The first kappa shape index (κ1) is 28.4. The Labute approximate surface area is 232 Å². The van der Waals surface area contributed by atoms with E-state index in [1.165, 1.54) is 6.92 Å². The second-order valence-corrected chi connectivity index (χ2v) is 10.7. The molecule has 4 N–H and O–H groups in total. The maximum atomic E-state index is 13.0. The normalized spacial score (nSPS) is 30.4. The highest BCUT2D eigenvalue weighted by atomic mass is 16.7. The molecule has 2 heterocycles. The summed E-state index contributed by atoms with van der Waals surface area (Å²) >= 11 is 0. The fraction of sp³-hybridized carbons (Fsp3) is 0.552. The SMILES string of the molecule is CC(O)C(NC(=O)C1=CC2OCOC2C(OC(=O)c2ccc(C=CC3CCC4OC4C3)cc2)C1)C(=O)NCCO. The number of rotatable bonds is 10. The van der Waals surface area contributed by atoms with Gasteiger partial charge < -0.3 is 39.8 Å². The number of aliphatic hydroxyl groups excluding tert-OH is 2. The molecule has 1 aromatic rings. The Morgan fingerprint density at radius 3 is 2.67 bits per heavy atom. The number of hydrogen-bond acceptors (Lipinski definition) is 9. The van der Waals surface area contributed by atoms with Crippen LogP contribution in [0.15, 0.2) is 42.0 Å². The van der Waals surface area contributed by atoms with Gasteiger partial charge in [0.15, 0.2) is 0 Å². The zero-order chi connectivity index (χ0) is 28.2. The molecule has 11 heteroatoms. The molecule has 2 amide bonds. The minimum atomic E-state index is -1.23. The van der Waals surface area contributed by atoms with Crippen LogP contribution in [0.1, 0.15) is 48.5 Å². The van der Waals surface area contributed by atoms with Crippen molar-refractivity contribution in [2.45, 2.75) is 75.3 Å². The van der Waals surface area contributed by atoms with Gasteiger partial charge in [-0.3, -0.25) is 9.59 Å². The van der Waals surface area contributed by atoms with Gasteiger partial charge in [-0.1, -0.05) is 24.3 Å². The van der Waals surface area contributed by atoms with E-state index in [0.29, 0.717) is 23.7 Å². The van der Waals surface area contributed by atoms with Gasteiger partial charge in [0.05, 0.1) is 30.5 Å². The smallest absolute Gasteiger partial charge is 0.338 e. The third-order valence-corrected chi connectivity index (χ3v) is 7.76. The van der Waals surface area contributed by atoms with Gasteiger partial charge in [-0.05, 0) is 55.9 Å². The van der Waals surface area contributed by atoms with Gasteiger partial charge in [0.25, 0.3) is 0 Å². The second kappa shape index (κ2) is 12.6. The summed E-state index contributed by atoms with van der Waals surface area (Å²) in [5.41, 5.74) is 1.60. The lowest BCUT2D eigenvalue weighted by Gasteiger charge is -2.31. The highest BCUT2D eigenvalue weighted by Gasteiger charge is 2.44. The van der Waals surface area contributed by atoms with Crippen LogP contribution in [0, 0.1) is 5.92 Å². The van der Waals surface area contributed by atoms with E-state index in [-0.39, 0.29) is 31.9 Å². The van der Waals surface area contributed by atoms with Crippen molar-refractivity contribution >= 4 is 23.9 Å². The highest BCUT2D eigenvalue weighted by molar-refractivity contribution is 5.97. The van der Waals surface area contributed by atoms with Crippen LogP contribution in [0.5, 0.6) is 0 Å². The second-order valence-electron chi connectivity index (χ2n) is 10.7. The van der Waals surface area contributed by atoms with E-state index in [1.54, 1.807) is 18.2 Å². The number of nitrogens with one attached hydrogen (secondary N) is 2. The van der Waals surface area contributed by atoms with Crippen LogP contribution in [0.4, 0.5) is 0 Å². The zero-order valence-electron chi connectivity index (χ0n) is 22.4. The first-order valence-corrected chi connectivity index (χ1v) is 13.8. The molecule has 0 radical (unpaired) electrons. The summed E-state index contributed by atoms with van der Waals surface area (Å²) in [6.07, 6.45) is 6.95. The standard InChI is InChI=1S/C29H36N2O9/c1-16(33)25(28(35)30-10-11-32)31-27(34)20-13-23-26(38-15-37-23)24(14-20)40-29(36)19-7-4-17(5-8-19)2-3-18-6-9-21-22(12-18)39-21/h2-5,7-8,13,16,18,21-26,32-33H,6,9-12,14-15H2,1H3,(H,30,35)(H,31,34). The van der Waals surface area contributed by atoms with E-state index in [0.717, 1.165) is 24.8 Å². The monoisotopic (exact) mass is 556 g/mol. The number of carbonyl (C=O) groups is 3. The van der Waals surface area contributed by atoms with Crippen molar-refractivity contribution in [2.24, 2.45) is 5.92 Å². The van der Waals surface area contributed by atoms with Gasteiger partial charge in [-0.15, -0.1) is 0 Å². The van der Waals surface area contributed by atoms with Gasteiger partial charge in [-0.25, -0.2) is 4.79 Å². The van der Waals surface area contributed by atoms with Crippen LogP contribution in [0.2, 0.25) is 0 Å². The van der Waals surface area contributed by atoms with Gasteiger partial charge in [0.1, 0.15) is 31.1 Å². The molecule has 0 spiro atoms. The first-order valence-electron chi connectivity index (χ1n) is 13.8. The van der Waals surface area contributed by atoms with E-state index in [9.17, 15) is 19.5 Å². The fourth-order valence-electron chi connectivity index (χ4n) is 5.45. The lowest BCUT2D eigenvalue weighted by molar-refractivity contribution is -0.130. The number of allylic oxidation sites excluding steroid dienone is 1. The Kier molecular flexibility index (Phi) is 8.97. The number of carbonyl (C=O) groups excluding carboxylic acids is 3. The Morgan fingerprint density at radius 2 is 1.95 bits per heavy atom. The molecule has 4 aliphatic rings. The lowest BCUT2D eigenvalue weighted by atomic mass is 9.89. The van der Waals surface area contributed by atoms with Crippen molar-refractivity contribution < 1.29 is 43.5 Å². The molecule has 8 atom stereocenters.